The third-order valence-corrected chi connectivity index (χ3v) is 10.6. The highest BCUT2D eigenvalue weighted by atomic mass is 32.1. The van der Waals surface area contributed by atoms with Crippen LogP contribution in [0.1, 0.15) is 46.3 Å². The summed E-state index contributed by atoms with van der Waals surface area (Å²) < 4.78 is 10.8. The van der Waals surface area contributed by atoms with Gasteiger partial charge in [0.15, 0.2) is 6.10 Å². The van der Waals surface area contributed by atoms with Gasteiger partial charge in [-0.1, -0.05) is 97.1 Å². The number of nitrogens with zero attached hydrogens (tertiary/aromatic N) is 5. The first-order valence-corrected chi connectivity index (χ1v) is 17.2. The molecule has 1 aliphatic rings. The van der Waals surface area contributed by atoms with Crippen LogP contribution in [0.25, 0.3) is 38.2 Å². The first kappa shape index (κ1) is 29.3. The second kappa shape index (κ2) is 11.7. The fraction of sp³-hybridized carbons (Fsp3) is 0.122. The lowest BCUT2D eigenvalue weighted by molar-refractivity contribution is -0.141. The summed E-state index contributed by atoms with van der Waals surface area (Å²) in [6.45, 7) is 2.08. The van der Waals surface area contributed by atoms with Gasteiger partial charge in [-0.05, 0) is 47.9 Å². The van der Waals surface area contributed by atoms with Gasteiger partial charge in [0.2, 0.25) is 0 Å². The van der Waals surface area contributed by atoms with Gasteiger partial charge in [-0.2, -0.15) is 5.10 Å². The number of esters is 1. The van der Waals surface area contributed by atoms with Crippen LogP contribution < -0.4 is 0 Å². The smallest absolute Gasteiger partial charge is 0.306 e. The number of benzene rings is 4. The summed E-state index contributed by atoms with van der Waals surface area (Å²) in [5, 5.41) is 6.12. The molecule has 4 aromatic heterocycles. The Hall–Kier alpha value is -5.86. The lowest BCUT2D eigenvalue weighted by Crippen LogP contribution is -2.38. The van der Waals surface area contributed by atoms with E-state index >= 15 is 0 Å². The summed E-state index contributed by atoms with van der Waals surface area (Å²) >= 11 is 1.59. The standard InChI is InChI=1S/C41H31N5O2S/c1-27-33(26-46(44-27)41(30-11-5-2-6-12-30,31-13-7-3-8-14-31)32-15-9-4-10-16-32)29-18-21-38-42-24-35(45(38)25-29)28-17-19-34-37(23-28)49-40(43-34)36-20-22-39(47)48-36/h2-19,21,23-26,36H,20,22H2,1H3/t36-/m0/s1. The van der Waals surface area contributed by atoms with Gasteiger partial charge >= 0.3 is 5.97 Å². The lowest BCUT2D eigenvalue weighted by atomic mass is 9.77. The normalized spacial score (nSPS) is 14.9. The Bertz CT molecular complexity index is 2370. The van der Waals surface area contributed by atoms with Crippen LogP contribution in [0.3, 0.4) is 0 Å². The first-order chi connectivity index (χ1) is 24.1. The largest absolute Gasteiger partial charge is 0.455 e. The topological polar surface area (TPSA) is 74.3 Å². The van der Waals surface area contributed by atoms with Crippen LogP contribution in [-0.2, 0) is 15.1 Å². The molecule has 0 radical (unpaired) electrons. The van der Waals surface area contributed by atoms with E-state index in [0.29, 0.717) is 12.8 Å². The first-order valence-electron chi connectivity index (χ1n) is 16.4. The number of carbonyl (C=O) groups is 1. The van der Waals surface area contributed by atoms with E-state index < -0.39 is 5.54 Å². The molecule has 0 bridgehead atoms. The third-order valence-electron chi connectivity index (χ3n) is 9.49. The predicted octanol–water partition coefficient (Wildman–Crippen LogP) is 9.00. The Morgan fingerprint density at radius 3 is 2.08 bits per heavy atom. The van der Waals surface area contributed by atoms with Crippen LogP contribution in [0.2, 0.25) is 0 Å². The summed E-state index contributed by atoms with van der Waals surface area (Å²) in [6.07, 6.45) is 7.13. The molecule has 1 atom stereocenters. The number of fused-ring (bicyclic) bond motifs is 2. The number of aromatic nitrogens is 5. The van der Waals surface area contributed by atoms with Crippen molar-refractivity contribution in [1.29, 1.82) is 0 Å². The monoisotopic (exact) mass is 657 g/mol. The van der Waals surface area contributed by atoms with Crippen molar-refractivity contribution in [3.05, 3.63) is 167 Å². The molecule has 7 nitrogen and oxygen atoms in total. The molecule has 0 N–H and O–H groups in total. The molecule has 0 aliphatic carbocycles. The summed E-state index contributed by atoms with van der Waals surface area (Å²) in [7, 11) is 0. The molecule has 8 heteroatoms. The summed E-state index contributed by atoms with van der Waals surface area (Å²) in [4.78, 5) is 21.2. The number of carbonyl (C=O) groups excluding carboxylic acids is 1. The van der Waals surface area contributed by atoms with Gasteiger partial charge in [-0.15, -0.1) is 11.3 Å². The molecular formula is C41H31N5O2S. The fourth-order valence-corrected chi connectivity index (χ4v) is 8.21. The third kappa shape index (κ3) is 4.86. The van der Waals surface area contributed by atoms with Gasteiger partial charge in [0.1, 0.15) is 16.2 Å². The zero-order valence-corrected chi connectivity index (χ0v) is 27.5. The predicted molar refractivity (Wildman–Crippen MR) is 192 cm³/mol. The van der Waals surface area contributed by atoms with Crippen molar-refractivity contribution in [3.63, 3.8) is 0 Å². The maximum Gasteiger partial charge on any atom is 0.306 e. The molecule has 1 aliphatic heterocycles. The summed E-state index contributed by atoms with van der Waals surface area (Å²) in [5.41, 5.74) is 9.49. The zero-order chi connectivity index (χ0) is 33.0. The van der Waals surface area contributed by atoms with E-state index in [2.05, 4.69) is 144 Å². The molecule has 5 heterocycles. The van der Waals surface area contributed by atoms with Gasteiger partial charge < -0.3 is 4.74 Å². The Morgan fingerprint density at radius 1 is 0.796 bits per heavy atom. The van der Waals surface area contributed by atoms with E-state index in [9.17, 15) is 4.79 Å². The lowest BCUT2D eigenvalue weighted by Gasteiger charge is -2.36. The Labute approximate surface area is 287 Å². The number of aryl methyl sites for hydroxylation is 1. The Balaban J connectivity index is 1.16. The van der Waals surface area contributed by atoms with Crippen molar-refractivity contribution in [2.24, 2.45) is 0 Å². The number of pyridine rings is 1. The molecule has 0 spiro atoms. The summed E-state index contributed by atoms with van der Waals surface area (Å²) in [5.74, 6) is -0.154. The van der Waals surface area contributed by atoms with E-state index in [1.165, 1.54) is 0 Å². The van der Waals surface area contributed by atoms with Crippen molar-refractivity contribution in [2.45, 2.75) is 31.4 Å². The van der Waals surface area contributed by atoms with E-state index in [4.69, 9.17) is 19.8 Å². The van der Waals surface area contributed by atoms with E-state index in [0.717, 1.165) is 65.6 Å². The molecule has 4 aromatic carbocycles. The SMILES string of the molecule is Cc1nn(C(c2ccccc2)(c2ccccc2)c2ccccc2)cc1-c1ccc2ncc(-c3ccc4nc([C@@H]5CCC(=O)O5)sc4c3)n2c1. The molecule has 1 fully saturated rings. The van der Waals surface area contributed by atoms with E-state index in [1.807, 2.05) is 12.3 Å². The molecule has 0 saturated carbocycles. The van der Waals surface area contributed by atoms with Gasteiger partial charge in [0.05, 0.1) is 27.8 Å². The molecule has 238 valence electrons. The van der Waals surface area contributed by atoms with Crippen LogP contribution in [0.15, 0.2) is 140 Å². The van der Waals surface area contributed by atoms with Crippen LogP contribution in [0.5, 0.6) is 0 Å². The van der Waals surface area contributed by atoms with Gasteiger partial charge in [-0.25, -0.2) is 9.97 Å². The number of rotatable bonds is 7. The average Bonchev–Trinajstić information content (AvgIpc) is 3.95. The van der Waals surface area contributed by atoms with Gasteiger partial charge in [0, 0.05) is 41.9 Å². The van der Waals surface area contributed by atoms with Crippen molar-refractivity contribution in [1.82, 2.24) is 24.1 Å². The molecular weight excluding hydrogens is 627 g/mol. The van der Waals surface area contributed by atoms with Crippen molar-refractivity contribution < 1.29 is 9.53 Å². The highest BCUT2D eigenvalue weighted by Gasteiger charge is 2.39. The minimum Gasteiger partial charge on any atom is -0.455 e. The molecule has 0 unspecified atom stereocenters. The molecule has 49 heavy (non-hydrogen) atoms. The van der Waals surface area contributed by atoms with Crippen molar-refractivity contribution in [3.8, 4) is 22.4 Å². The second-order valence-electron chi connectivity index (χ2n) is 12.4. The molecule has 8 aromatic rings. The average molecular weight is 658 g/mol. The number of imidazole rings is 1. The molecule has 9 rings (SSSR count). The number of hydrogen-bond donors (Lipinski definition) is 0. The Kier molecular flexibility index (Phi) is 6.98. The van der Waals surface area contributed by atoms with Gasteiger partial charge in [0.25, 0.3) is 0 Å². The Morgan fingerprint density at radius 2 is 1.45 bits per heavy atom. The van der Waals surface area contributed by atoms with E-state index in [-0.39, 0.29) is 12.1 Å². The highest BCUT2D eigenvalue weighted by molar-refractivity contribution is 7.18. The number of thiazole rings is 1. The van der Waals surface area contributed by atoms with Gasteiger partial charge in [-0.3, -0.25) is 13.9 Å². The molecule has 0 amide bonds. The zero-order valence-electron chi connectivity index (χ0n) is 26.7. The maximum atomic E-state index is 11.7. The number of cyclic esters (lactones) is 1. The fourth-order valence-electron chi connectivity index (χ4n) is 7.14. The van der Waals surface area contributed by atoms with Crippen LogP contribution in [0, 0.1) is 6.92 Å². The maximum absolute atomic E-state index is 11.7. The minimum atomic E-state index is -0.698. The van der Waals surface area contributed by atoms with Crippen LogP contribution in [0.4, 0.5) is 0 Å². The highest BCUT2D eigenvalue weighted by Crippen LogP contribution is 2.42. The number of hydrogen-bond acceptors (Lipinski definition) is 6. The number of ether oxygens (including phenoxy) is 1. The quantitative estimate of drug-likeness (QED) is 0.126. The summed E-state index contributed by atoms with van der Waals surface area (Å²) in [6, 6.07) is 42.3. The minimum absolute atomic E-state index is 0.154. The van der Waals surface area contributed by atoms with E-state index in [1.54, 1.807) is 11.3 Å². The van der Waals surface area contributed by atoms with Crippen molar-refractivity contribution >= 4 is 33.2 Å². The second-order valence-corrected chi connectivity index (χ2v) is 13.5. The van der Waals surface area contributed by atoms with Crippen LogP contribution >= 0.6 is 11.3 Å². The van der Waals surface area contributed by atoms with Crippen molar-refractivity contribution in [2.75, 3.05) is 0 Å². The van der Waals surface area contributed by atoms with Crippen LogP contribution in [-0.4, -0.2) is 30.1 Å². The molecule has 1 saturated heterocycles.